The zero-order chi connectivity index (χ0) is 13.9. The van der Waals surface area contributed by atoms with Crippen LogP contribution in [0.5, 0.6) is 0 Å². The number of aromatic nitrogens is 1. The molecule has 0 aromatic carbocycles. The average molecular weight is 249 g/mol. The molecule has 0 fully saturated rings. The van der Waals surface area contributed by atoms with E-state index >= 15 is 0 Å². The SMILES string of the molecule is C/C=C(\c1c(N(N)C(C)C)cc[nH]c1=O)C(C)C. The number of hydrogen-bond donors (Lipinski definition) is 2. The molecule has 0 radical (unpaired) electrons. The molecule has 1 aromatic heterocycles. The minimum atomic E-state index is -0.0922. The van der Waals surface area contributed by atoms with Crippen LogP contribution in [0.4, 0.5) is 5.69 Å². The molecular weight excluding hydrogens is 226 g/mol. The molecule has 4 heteroatoms. The number of H-pyrrole nitrogens is 1. The molecule has 1 aromatic rings. The summed E-state index contributed by atoms with van der Waals surface area (Å²) in [5.74, 6) is 6.33. The van der Waals surface area contributed by atoms with Gasteiger partial charge in [0.25, 0.3) is 5.56 Å². The van der Waals surface area contributed by atoms with E-state index in [0.29, 0.717) is 5.56 Å². The number of hydrazine groups is 1. The summed E-state index contributed by atoms with van der Waals surface area (Å²) in [6.45, 7) is 10.1. The Hall–Kier alpha value is -1.55. The fourth-order valence-electron chi connectivity index (χ4n) is 2.01. The molecule has 18 heavy (non-hydrogen) atoms. The van der Waals surface area contributed by atoms with Crippen molar-refractivity contribution >= 4 is 11.3 Å². The Morgan fingerprint density at radius 3 is 2.44 bits per heavy atom. The summed E-state index contributed by atoms with van der Waals surface area (Å²) in [5.41, 5.74) is 2.37. The lowest BCUT2D eigenvalue weighted by Gasteiger charge is -2.26. The number of hydrogen-bond acceptors (Lipinski definition) is 3. The van der Waals surface area contributed by atoms with Crippen LogP contribution in [0.25, 0.3) is 5.57 Å². The number of nitrogens with two attached hydrogens (primary N) is 1. The first kappa shape index (κ1) is 14.5. The molecule has 0 saturated carbocycles. The third-order valence-corrected chi connectivity index (χ3v) is 3.00. The van der Waals surface area contributed by atoms with Crippen molar-refractivity contribution in [2.24, 2.45) is 11.8 Å². The summed E-state index contributed by atoms with van der Waals surface area (Å²) in [6.07, 6.45) is 3.62. The highest BCUT2D eigenvalue weighted by atomic mass is 16.1. The van der Waals surface area contributed by atoms with E-state index in [0.717, 1.165) is 11.3 Å². The Bertz CT molecular complexity index is 486. The number of aromatic amines is 1. The highest BCUT2D eigenvalue weighted by molar-refractivity contribution is 5.76. The molecule has 1 heterocycles. The first-order valence-corrected chi connectivity index (χ1v) is 6.32. The summed E-state index contributed by atoms with van der Waals surface area (Å²) in [4.78, 5) is 14.8. The molecule has 3 N–H and O–H groups in total. The molecular formula is C14H23N3O. The number of allylic oxidation sites excluding steroid dienone is 2. The van der Waals surface area contributed by atoms with E-state index in [4.69, 9.17) is 5.84 Å². The first-order chi connectivity index (χ1) is 8.40. The first-order valence-electron chi connectivity index (χ1n) is 6.32. The van der Waals surface area contributed by atoms with Crippen LogP contribution in [-0.2, 0) is 0 Å². The van der Waals surface area contributed by atoms with E-state index in [1.54, 1.807) is 11.2 Å². The lowest BCUT2D eigenvalue weighted by Crippen LogP contribution is -2.39. The smallest absolute Gasteiger partial charge is 0.257 e. The Labute approximate surface area is 108 Å². The van der Waals surface area contributed by atoms with Gasteiger partial charge in [-0.05, 0) is 38.3 Å². The summed E-state index contributed by atoms with van der Waals surface area (Å²) in [7, 11) is 0. The van der Waals surface area contributed by atoms with Crippen molar-refractivity contribution in [3.05, 3.63) is 34.3 Å². The van der Waals surface area contributed by atoms with Gasteiger partial charge in [-0.15, -0.1) is 0 Å². The lowest BCUT2D eigenvalue weighted by atomic mass is 9.94. The summed E-state index contributed by atoms with van der Waals surface area (Å²) in [6, 6.07) is 1.98. The molecule has 0 atom stereocenters. The van der Waals surface area contributed by atoms with E-state index in [1.807, 2.05) is 32.9 Å². The monoisotopic (exact) mass is 249 g/mol. The van der Waals surface area contributed by atoms with E-state index in [9.17, 15) is 4.79 Å². The van der Waals surface area contributed by atoms with Crippen molar-refractivity contribution < 1.29 is 0 Å². The number of nitrogens with one attached hydrogen (secondary N) is 1. The quantitative estimate of drug-likeness (QED) is 0.636. The molecule has 0 spiro atoms. The maximum Gasteiger partial charge on any atom is 0.257 e. The average Bonchev–Trinajstić information content (AvgIpc) is 2.30. The Morgan fingerprint density at radius 1 is 1.39 bits per heavy atom. The Kier molecular flexibility index (Phi) is 4.73. The van der Waals surface area contributed by atoms with E-state index in [2.05, 4.69) is 18.8 Å². The van der Waals surface area contributed by atoms with E-state index in [1.165, 1.54) is 0 Å². The largest absolute Gasteiger partial charge is 0.328 e. The standard InChI is InChI=1S/C14H23N3O/c1-6-11(9(2)3)13-12(17(15)10(4)5)7-8-16-14(13)18/h6-10H,15H2,1-5H3,(H,16,18)/b11-6-. The van der Waals surface area contributed by atoms with Crippen LogP contribution >= 0.6 is 0 Å². The predicted octanol–water partition coefficient (Wildman–Crippen LogP) is 2.52. The molecule has 0 saturated heterocycles. The maximum absolute atomic E-state index is 12.1. The van der Waals surface area contributed by atoms with Gasteiger partial charge in [0.2, 0.25) is 0 Å². The summed E-state index contributed by atoms with van der Waals surface area (Å²) < 4.78 is 0. The second kappa shape index (κ2) is 5.87. The molecule has 1 rings (SSSR count). The number of anilines is 1. The van der Waals surface area contributed by atoms with Crippen LogP contribution in [0.1, 0.15) is 40.2 Å². The van der Waals surface area contributed by atoms with Gasteiger partial charge in [0.15, 0.2) is 0 Å². The van der Waals surface area contributed by atoms with Gasteiger partial charge in [0, 0.05) is 12.2 Å². The van der Waals surface area contributed by atoms with Crippen LogP contribution in [0.2, 0.25) is 0 Å². The molecule has 0 amide bonds. The van der Waals surface area contributed by atoms with Crippen molar-refractivity contribution in [1.29, 1.82) is 0 Å². The van der Waals surface area contributed by atoms with E-state index in [-0.39, 0.29) is 17.5 Å². The van der Waals surface area contributed by atoms with Crippen LogP contribution in [0, 0.1) is 5.92 Å². The number of nitrogens with zero attached hydrogens (tertiary/aromatic N) is 1. The van der Waals surface area contributed by atoms with Gasteiger partial charge in [-0.1, -0.05) is 19.9 Å². The number of pyridine rings is 1. The van der Waals surface area contributed by atoms with Crippen molar-refractivity contribution in [1.82, 2.24) is 4.98 Å². The molecule has 0 bridgehead atoms. The second-order valence-electron chi connectivity index (χ2n) is 4.97. The minimum Gasteiger partial charge on any atom is -0.328 e. The van der Waals surface area contributed by atoms with Crippen LogP contribution in [0.3, 0.4) is 0 Å². The van der Waals surface area contributed by atoms with Gasteiger partial charge in [0.05, 0.1) is 11.3 Å². The zero-order valence-corrected chi connectivity index (χ0v) is 11.8. The number of rotatable bonds is 4. The van der Waals surface area contributed by atoms with Crippen LogP contribution in [0.15, 0.2) is 23.1 Å². The molecule has 0 aliphatic heterocycles. The van der Waals surface area contributed by atoms with Crippen LogP contribution < -0.4 is 16.4 Å². The zero-order valence-electron chi connectivity index (χ0n) is 11.8. The minimum absolute atomic E-state index is 0.0922. The van der Waals surface area contributed by atoms with Gasteiger partial charge in [-0.25, -0.2) is 5.84 Å². The van der Waals surface area contributed by atoms with Crippen molar-refractivity contribution in [2.45, 2.75) is 40.7 Å². The highest BCUT2D eigenvalue weighted by Crippen LogP contribution is 2.28. The Morgan fingerprint density at radius 2 is 2.00 bits per heavy atom. The van der Waals surface area contributed by atoms with Crippen molar-refractivity contribution in [2.75, 3.05) is 5.01 Å². The molecule has 4 nitrogen and oxygen atoms in total. The molecule has 0 unspecified atom stereocenters. The van der Waals surface area contributed by atoms with Gasteiger partial charge >= 0.3 is 0 Å². The topological polar surface area (TPSA) is 62.1 Å². The predicted molar refractivity (Wildman–Crippen MR) is 77.4 cm³/mol. The van der Waals surface area contributed by atoms with Crippen LogP contribution in [-0.4, -0.2) is 11.0 Å². The summed E-state index contributed by atoms with van der Waals surface area (Å²) >= 11 is 0. The van der Waals surface area contributed by atoms with Crippen molar-refractivity contribution in [3.63, 3.8) is 0 Å². The normalized spacial score (nSPS) is 12.3. The molecule has 0 aliphatic carbocycles. The van der Waals surface area contributed by atoms with Gasteiger partial charge in [0.1, 0.15) is 0 Å². The third-order valence-electron chi connectivity index (χ3n) is 3.00. The second-order valence-corrected chi connectivity index (χ2v) is 4.97. The fraction of sp³-hybridized carbons (Fsp3) is 0.500. The van der Waals surface area contributed by atoms with E-state index < -0.39 is 0 Å². The third kappa shape index (κ3) is 2.82. The highest BCUT2D eigenvalue weighted by Gasteiger charge is 2.18. The fourth-order valence-corrected chi connectivity index (χ4v) is 2.01. The molecule has 100 valence electrons. The summed E-state index contributed by atoms with van der Waals surface area (Å²) in [5, 5.41) is 1.64. The van der Waals surface area contributed by atoms with Gasteiger partial charge in [-0.3, -0.25) is 4.79 Å². The Balaban J connectivity index is 3.47. The maximum atomic E-state index is 12.1. The molecule has 0 aliphatic rings. The lowest BCUT2D eigenvalue weighted by molar-refractivity contribution is 0.707. The van der Waals surface area contributed by atoms with Gasteiger partial charge in [-0.2, -0.15) is 0 Å². The van der Waals surface area contributed by atoms with Crippen molar-refractivity contribution in [3.8, 4) is 0 Å². The van der Waals surface area contributed by atoms with Gasteiger partial charge < -0.3 is 9.99 Å².